The third-order valence-corrected chi connectivity index (χ3v) is 3.55. The number of carbonyl (C=O) groups excluding carboxylic acids is 1. The second-order valence-corrected chi connectivity index (χ2v) is 5.47. The van der Waals surface area contributed by atoms with Crippen molar-refractivity contribution in [1.82, 2.24) is 14.9 Å². The van der Waals surface area contributed by atoms with Gasteiger partial charge in [0, 0.05) is 24.4 Å². The average molecular weight is 249 g/mol. The Labute approximate surface area is 109 Å². The minimum atomic E-state index is 0.113. The number of hydrogen-bond acceptors (Lipinski definition) is 2. The number of hydrogen-bond donors (Lipinski definition) is 1. The normalized spacial score (nSPS) is 17.1. The lowest BCUT2D eigenvalue weighted by Crippen LogP contribution is -2.38. The second-order valence-electron chi connectivity index (χ2n) is 5.47. The van der Waals surface area contributed by atoms with Crippen LogP contribution in [0.25, 0.3) is 0 Å². The van der Waals surface area contributed by atoms with Crippen LogP contribution in [-0.4, -0.2) is 21.5 Å². The van der Waals surface area contributed by atoms with Gasteiger partial charge in [0.2, 0.25) is 5.91 Å². The summed E-state index contributed by atoms with van der Waals surface area (Å²) >= 11 is 0. The van der Waals surface area contributed by atoms with Crippen molar-refractivity contribution >= 4 is 5.91 Å². The highest BCUT2D eigenvalue weighted by Crippen LogP contribution is 2.17. The fourth-order valence-electron chi connectivity index (χ4n) is 2.63. The molecule has 1 fully saturated rings. The maximum atomic E-state index is 12.0. The lowest BCUT2D eigenvalue weighted by molar-refractivity contribution is -0.122. The van der Waals surface area contributed by atoms with Crippen molar-refractivity contribution in [3.8, 4) is 0 Å². The molecule has 1 aliphatic carbocycles. The first kappa shape index (κ1) is 13.1. The zero-order valence-corrected chi connectivity index (χ0v) is 11.4. The van der Waals surface area contributed by atoms with E-state index >= 15 is 0 Å². The maximum absolute atomic E-state index is 12.0. The lowest BCUT2D eigenvalue weighted by Gasteiger charge is -2.23. The van der Waals surface area contributed by atoms with Gasteiger partial charge in [0.05, 0.1) is 0 Å². The highest BCUT2D eigenvalue weighted by atomic mass is 16.2. The number of carbonyl (C=O) groups is 1. The van der Waals surface area contributed by atoms with Gasteiger partial charge in [-0.1, -0.05) is 33.1 Å². The van der Waals surface area contributed by atoms with Gasteiger partial charge in [0.25, 0.3) is 0 Å². The largest absolute Gasteiger partial charge is 0.352 e. The Morgan fingerprint density at radius 1 is 1.44 bits per heavy atom. The Balaban J connectivity index is 1.88. The summed E-state index contributed by atoms with van der Waals surface area (Å²) in [4.78, 5) is 16.3. The van der Waals surface area contributed by atoms with Crippen LogP contribution < -0.4 is 5.32 Å². The third kappa shape index (κ3) is 3.34. The smallest absolute Gasteiger partial charge is 0.240 e. The first-order valence-corrected chi connectivity index (χ1v) is 6.97. The van der Waals surface area contributed by atoms with Crippen molar-refractivity contribution in [1.29, 1.82) is 0 Å². The molecule has 1 aromatic rings. The van der Waals surface area contributed by atoms with E-state index in [-0.39, 0.29) is 5.91 Å². The molecule has 0 saturated heterocycles. The SMILES string of the molecule is CC(C)c1nccn1CC(=O)NC1CCCCC1. The molecular formula is C14H23N3O. The van der Waals surface area contributed by atoms with Crippen LogP contribution >= 0.6 is 0 Å². The van der Waals surface area contributed by atoms with Crippen LogP contribution in [0, 0.1) is 0 Å². The monoisotopic (exact) mass is 249 g/mol. The number of imidazole rings is 1. The molecule has 0 radical (unpaired) electrons. The van der Waals surface area contributed by atoms with E-state index < -0.39 is 0 Å². The summed E-state index contributed by atoms with van der Waals surface area (Å²) in [7, 11) is 0. The number of nitrogens with zero attached hydrogens (tertiary/aromatic N) is 2. The van der Waals surface area contributed by atoms with Gasteiger partial charge >= 0.3 is 0 Å². The van der Waals surface area contributed by atoms with Gasteiger partial charge in [-0.05, 0) is 12.8 Å². The summed E-state index contributed by atoms with van der Waals surface area (Å²) in [6.45, 7) is 4.58. The predicted molar refractivity (Wildman–Crippen MR) is 71.3 cm³/mol. The molecule has 0 bridgehead atoms. The van der Waals surface area contributed by atoms with E-state index in [1.165, 1.54) is 19.3 Å². The molecule has 0 aliphatic heterocycles. The first-order chi connectivity index (χ1) is 8.66. The average Bonchev–Trinajstić information content (AvgIpc) is 2.78. The summed E-state index contributed by atoms with van der Waals surface area (Å²) in [6.07, 6.45) is 9.71. The lowest BCUT2D eigenvalue weighted by atomic mass is 9.95. The molecule has 1 heterocycles. The van der Waals surface area contributed by atoms with Gasteiger partial charge in [-0.15, -0.1) is 0 Å². The minimum Gasteiger partial charge on any atom is -0.352 e. The van der Waals surface area contributed by atoms with E-state index in [1.54, 1.807) is 6.20 Å². The van der Waals surface area contributed by atoms with E-state index in [1.807, 2.05) is 10.8 Å². The van der Waals surface area contributed by atoms with Crippen LogP contribution in [0.15, 0.2) is 12.4 Å². The molecule has 1 N–H and O–H groups in total. The number of rotatable bonds is 4. The van der Waals surface area contributed by atoms with Crippen LogP contribution in [0.5, 0.6) is 0 Å². The Hall–Kier alpha value is -1.32. The van der Waals surface area contributed by atoms with Gasteiger partial charge in [-0.2, -0.15) is 0 Å². The maximum Gasteiger partial charge on any atom is 0.240 e. The van der Waals surface area contributed by atoms with Crippen molar-refractivity contribution in [2.45, 2.75) is 64.5 Å². The predicted octanol–water partition coefficient (Wildman–Crippen LogP) is 2.46. The van der Waals surface area contributed by atoms with Crippen molar-refractivity contribution in [2.75, 3.05) is 0 Å². The van der Waals surface area contributed by atoms with E-state index in [0.29, 0.717) is 18.5 Å². The zero-order valence-electron chi connectivity index (χ0n) is 11.4. The number of aromatic nitrogens is 2. The van der Waals surface area contributed by atoms with Crippen LogP contribution in [-0.2, 0) is 11.3 Å². The highest BCUT2D eigenvalue weighted by Gasteiger charge is 2.16. The van der Waals surface area contributed by atoms with Gasteiger partial charge in [-0.25, -0.2) is 4.98 Å². The second kappa shape index (κ2) is 6.03. The van der Waals surface area contributed by atoms with Crippen molar-refractivity contribution in [3.05, 3.63) is 18.2 Å². The molecule has 4 nitrogen and oxygen atoms in total. The summed E-state index contributed by atoms with van der Waals surface area (Å²) in [6, 6.07) is 0.386. The van der Waals surface area contributed by atoms with Gasteiger partial charge in [-0.3, -0.25) is 4.79 Å². The van der Waals surface area contributed by atoms with Crippen molar-refractivity contribution in [2.24, 2.45) is 0 Å². The van der Waals surface area contributed by atoms with Gasteiger partial charge < -0.3 is 9.88 Å². The minimum absolute atomic E-state index is 0.113. The van der Waals surface area contributed by atoms with E-state index in [2.05, 4.69) is 24.1 Å². The molecule has 0 aromatic carbocycles. The molecule has 1 aromatic heterocycles. The topological polar surface area (TPSA) is 46.9 Å². The molecule has 0 unspecified atom stereocenters. The molecule has 2 rings (SSSR count). The fraction of sp³-hybridized carbons (Fsp3) is 0.714. The summed E-state index contributed by atoms with van der Waals surface area (Å²) in [5.74, 6) is 1.44. The van der Waals surface area contributed by atoms with Gasteiger partial charge in [0.15, 0.2) is 0 Å². The van der Waals surface area contributed by atoms with Crippen molar-refractivity contribution in [3.63, 3.8) is 0 Å². The third-order valence-electron chi connectivity index (χ3n) is 3.55. The molecule has 1 aliphatic rings. The van der Waals surface area contributed by atoms with Crippen LogP contribution in [0.3, 0.4) is 0 Å². The van der Waals surface area contributed by atoms with Crippen LogP contribution in [0.4, 0.5) is 0 Å². The Morgan fingerprint density at radius 3 is 2.83 bits per heavy atom. The first-order valence-electron chi connectivity index (χ1n) is 6.97. The molecule has 4 heteroatoms. The number of nitrogens with one attached hydrogen (secondary N) is 1. The van der Waals surface area contributed by atoms with Crippen LogP contribution in [0.1, 0.15) is 57.7 Å². The molecule has 100 valence electrons. The Kier molecular flexibility index (Phi) is 4.39. The number of amides is 1. The summed E-state index contributed by atoms with van der Waals surface area (Å²) < 4.78 is 1.95. The fourth-order valence-corrected chi connectivity index (χ4v) is 2.63. The molecule has 1 amide bonds. The summed E-state index contributed by atoms with van der Waals surface area (Å²) in [5, 5.41) is 3.14. The van der Waals surface area contributed by atoms with Crippen molar-refractivity contribution < 1.29 is 4.79 Å². The van der Waals surface area contributed by atoms with E-state index in [4.69, 9.17) is 0 Å². The van der Waals surface area contributed by atoms with E-state index in [9.17, 15) is 4.79 Å². The molecule has 1 saturated carbocycles. The quantitative estimate of drug-likeness (QED) is 0.891. The Morgan fingerprint density at radius 2 is 2.17 bits per heavy atom. The zero-order chi connectivity index (χ0) is 13.0. The molecular weight excluding hydrogens is 226 g/mol. The van der Waals surface area contributed by atoms with Crippen LogP contribution in [0.2, 0.25) is 0 Å². The standard InChI is InChI=1S/C14H23N3O/c1-11(2)14-15-8-9-17(14)10-13(18)16-12-6-4-3-5-7-12/h8-9,11-12H,3-7,10H2,1-2H3,(H,16,18). The highest BCUT2D eigenvalue weighted by molar-refractivity contribution is 5.76. The summed E-state index contributed by atoms with van der Waals surface area (Å²) in [5.41, 5.74) is 0. The molecule has 0 atom stereocenters. The molecule has 18 heavy (non-hydrogen) atoms. The Bertz CT molecular complexity index is 391. The van der Waals surface area contributed by atoms with Gasteiger partial charge in [0.1, 0.15) is 12.4 Å². The molecule has 0 spiro atoms. The van der Waals surface area contributed by atoms with E-state index in [0.717, 1.165) is 18.7 Å².